The highest BCUT2D eigenvalue weighted by molar-refractivity contribution is 7.80. The van der Waals surface area contributed by atoms with Gasteiger partial charge in [-0.25, -0.2) is 4.79 Å². The summed E-state index contributed by atoms with van der Waals surface area (Å²) in [6, 6.07) is 5.01. The molecule has 5 heteroatoms. The monoisotopic (exact) mass is 243 g/mol. The molecule has 1 aromatic rings. The fraction of sp³-hybridized carbons (Fsp3) is 0.200. The Labute approximate surface area is 98.2 Å². The highest BCUT2D eigenvalue weighted by atomic mass is 35.5. The summed E-state index contributed by atoms with van der Waals surface area (Å²) in [6.07, 6.45) is 0.469. The van der Waals surface area contributed by atoms with E-state index in [1.807, 2.05) is 0 Å². The molecule has 0 saturated heterocycles. The number of hydrogen-bond donors (Lipinski definition) is 1. The van der Waals surface area contributed by atoms with E-state index in [1.54, 1.807) is 18.2 Å². The van der Waals surface area contributed by atoms with Gasteiger partial charge in [-0.3, -0.25) is 0 Å². The predicted octanol–water partition coefficient (Wildman–Crippen LogP) is 1.96. The van der Waals surface area contributed by atoms with Crippen LogP contribution in [0.5, 0.6) is 0 Å². The molecule has 0 heterocycles. The van der Waals surface area contributed by atoms with Crippen LogP contribution in [0, 0.1) is 0 Å². The number of esters is 1. The molecule has 0 aliphatic rings. The predicted molar refractivity (Wildman–Crippen MR) is 63.3 cm³/mol. The highest BCUT2D eigenvalue weighted by Gasteiger charge is 2.10. The number of nitrogens with two attached hydrogens (primary N) is 1. The number of methoxy groups -OCH3 is 1. The van der Waals surface area contributed by atoms with Crippen LogP contribution in [-0.4, -0.2) is 18.1 Å². The van der Waals surface area contributed by atoms with Crippen LogP contribution >= 0.6 is 23.8 Å². The molecule has 0 amide bonds. The molecule has 0 fully saturated rings. The highest BCUT2D eigenvalue weighted by Crippen LogP contribution is 2.19. The molecule has 0 unspecified atom stereocenters. The zero-order valence-corrected chi connectivity index (χ0v) is 9.69. The summed E-state index contributed by atoms with van der Waals surface area (Å²) in [4.78, 5) is 11.6. The van der Waals surface area contributed by atoms with Crippen molar-refractivity contribution in [2.45, 2.75) is 6.42 Å². The second kappa shape index (κ2) is 5.09. The van der Waals surface area contributed by atoms with E-state index in [2.05, 4.69) is 4.74 Å². The van der Waals surface area contributed by atoms with Gasteiger partial charge in [-0.1, -0.05) is 29.9 Å². The van der Waals surface area contributed by atoms with Crippen LogP contribution in [0.15, 0.2) is 18.2 Å². The van der Waals surface area contributed by atoms with Crippen molar-refractivity contribution < 1.29 is 9.53 Å². The van der Waals surface area contributed by atoms with Crippen molar-refractivity contribution in [2.24, 2.45) is 5.73 Å². The van der Waals surface area contributed by atoms with E-state index in [9.17, 15) is 4.79 Å². The standard InChI is InChI=1S/C10H10ClNO2S/c1-14-10(13)7-3-2-6(4-8(7)11)5-9(12)15/h2-4H,5H2,1H3,(H2,12,15). The number of rotatable bonds is 3. The van der Waals surface area contributed by atoms with Crippen molar-refractivity contribution in [3.8, 4) is 0 Å². The summed E-state index contributed by atoms with van der Waals surface area (Å²) in [7, 11) is 1.31. The Morgan fingerprint density at radius 3 is 2.73 bits per heavy atom. The van der Waals surface area contributed by atoms with Crippen molar-refractivity contribution in [1.29, 1.82) is 0 Å². The van der Waals surface area contributed by atoms with E-state index >= 15 is 0 Å². The lowest BCUT2D eigenvalue weighted by Crippen LogP contribution is -2.11. The third kappa shape index (κ3) is 3.18. The number of thiocarbonyl (C=S) groups is 1. The lowest BCUT2D eigenvalue weighted by atomic mass is 10.1. The molecule has 0 saturated carbocycles. The number of carbonyl (C=O) groups is 1. The maximum absolute atomic E-state index is 11.2. The number of hydrogen-bond acceptors (Lipinski definition) is 3. The smallest absolute Gasteiger partial charge is 0.339 e. The van der Waals surface area contributed by atoms with E-state index in [1.165, 1.54) is 7.11 Å². The van der Waals surface area contributed by atoms with Crippen LogP contribution in [0.25, 0.3) is 0 Å². The van der Waals surface area contributed by atoms with Crippen LogP contribution in [0.2, 0.25) is 5.02 Å². The first-order chi connectivity index (χ1) is 7.04. The van der Waals surface area contributed by atoms with E-state index in [-0.39, 0.29) is 0 Å². The molecule has 3 nitrogen and oxygen atoms in total. The minimum absolute atomic E-state index is 0.339. The first-order valence-corrected chi connectivity index (χ1v) is 4.98. The van der Waals surface area contributed by atoms with Gasteiger partial charge in [0.15, 0.2) is 0 Å². The number of carbonyl (C=O) groups excluding carboxylic acids is 1. The number of halogens is 1. The van der Waals surface area contributed by atoms with Crippen molar-refractivity contribution >= 4 is 34.8 Å². The second-order valence-electron chi connectivity index (χ2n) is 2.95. The molecule has 0 radical (unpaired) electrons. The molecule has 1 aromatic carbocycles. The van der Waals surface area contributed by atoms with Gasteiger partial charge >= 0.3 is 5.97 Å². The number of ether oxygens (including phenoxy) is 1. The van der Waals surface area contributed by atoms with Crippen LogP contribution in [0.3, 0.4) is 0 Å². The third-order valence-electron chi connectivity index (χ3n) is 1.82. The SMILES string of the molecule is COC(=O)c1ccc(CC(N)=S)cc1Cl. The van der Waals surface area contributed by atoms with Crippen LogP contribution < -0.4 is 5.73 Å². The Morgan fingerprint density at radius 1 is 1.60 bits per heavy atom. The lowest BCUT2D eigenvalue weighted by Gasteiger charge is -2.04. The van der Waals surface area contributed by atoms with Gasteiger partial charge in [0.1, 0.15) is 0 Å². The normalized spacial score (nSPS) is 9.73. The van der Waals surface area contributed by atoms with Gasteiger partial charge in [0, 0.05) is 6.42 Å². The summed E-state index contributed by atoms with van der Waals surface area (Å²) in [5.41, 5.74) is 6.61. The minimum atomic E-state index is -0.457. The summed E-state index contributed by atoms with van der Waals surface area (Å²) in [6.45, 7) is 0. The van der Waals surface area contributed by atoms with Crippen LogP contribution in [0.1, 0.15) is 15.9 Å². The molecule has 2 N–H and O–H groups in total. The van der Waals surface area contributed by atoms with Gasteiger partial charge in [0.25, 0.3) is 0 Å². The molecule has 0 aromatic heterocycles. The van der Waals surface area contributed by atoms with Crippen LogP contribution in [-0.2, 0) is 11.2 Å². The van der Waals surface area contributed by atoms with E-state index < -0.39 is 5.97 Å². The fourth-order valence-corrected chi connectivity index (χ4v) is 1.59. The van der Waals surface area contributed by atoms with Crippen molar-refractivity contribution in [3.63, 3.8) is 0 Å². The van der Waals surface area contributed by atoms with E-state index in [0.29, 0.717) is 22.0 Å². The zero-order valence-electron chi connectivity index (χ0n) is 8.12. The Morgan fingerprint density at radius 2 is 2.27 bits per heavy atom. The molecule has 80 valence electrons. The first-order valence-electron chi connectivity index (χ1n) is 4.19. The summed E-state index contributed by atoms with van der Waals surface area (Å²) in [5.74, 6) is -0.457. The van der Waals surface area contributed by atoms with Gasteiger partial charge in [-0.2, -0.15) is 0 Å². The molecule has 0 atom stereocenters. The topological polar surface area (TPSA) is 52.3 Å². The molecule has 0 spiro atoms. The van der Waals surface area contributed by atoms with Crippen molar-refractivity contribution in [3.05, 3.63) is 34.3 Å². The quantitative estimate of drug-likeness (QED) is 0.651. The van der Waals surface area contributed by atoms with Gasteiger partial charge < -0.3 is 10.5 Å². The summed E-state index contributed by atoms with van der Waals surface area (Å²) >= 11 is 10.7. The third-order valence-corrected chi connectivity index (χ3v) is 2.27. The minimum Gasteiger partial charge on any atom is -0.465 e. The Kier molecular flexibility index (Phi) is 4.05. The Bertz CT molecular complexity index is 406. The largest absolute Gasteiger partial charge is 0.465 e. The Balaban J connectivity index is 2.97. The van der Waals surface area contributed by atoms with Gasteiger partial charge in [-0.05, 0) is 17.7 Å². The summed E-state index contributed by atoms with van der Waals surface area (Å²) in [5, 5.41) is 0.343. The molecule has 15 heavy (non-hydrogen) atoms. The lowest BCUT2D eigenvalue weighted by molar-refractivity contribution is 0.0601. The average Bonchev–Trinajstić information content (AvgIpc) is 2.16. The van der Waals surface area contributed by atoms with E-state index in [0.717, 1.165) is 5.56 Å². The van der Waals surface area contributed by atoms with Crippen molar-refractivity contribution in [2.75, 3.05) is 7.11 Å². The maximum atomic E-state index is 11.2. The summed E-state index contributed by atoms with van der Waals surface area (Å²) < 4.78 is 4.56. The van der Waals surface area contributed by atoms with Gasteiger partial charge in [-0.15, -0.1) is 0 Å². The molecule has 0 bridgehead atoms. The average molecular weight is 244 g/mol. The molecular formula is C10H10ClNO2S. The second-order valence-corrected chi connectivity index (χ2v) is 3.88. The molecule has 0 aliphatic carbocycles. The fourth-order valence-electron chi connectivity index (χ4n) is 1.15. The van der Waals surface area contributed by atoms with Gasteiger partial charge in [0.2, 0.25) is 0 Å². The van der Waals surface area contributed by atoms with Gasteiger partial charge in [0.05, 0.1) is 22.7 Å². The number of benzene rings is 1. The van der Waals surface area contributed by atoms with E-state index in [4.69, 9.17) is 29.6 Å². The van der Waals surface area contributed by atoms with Crippen molar-refractivity contribution in [1.82, 2.24) is 0 Å². The molecular weight excluding hydrogens is 234 g/mol. The first kappa shape index (κ1) is 11.9. The Hall–Kier alpha value is -1.13. The molecule has 0 aliphatic heterocycles. The zero-order chi connectivity index (χ0) is 11.4. The maximum Gasteiger partial charge on any atom is 0.339 e. The van der Waals surface area contributed by atoms with Crippen LogP contribution in [0.4, 0.5) is 0 Å². The molecule has 1 rings (SSSR count).